The van der Waals surface area contributed by atoms with Crippen molar-refractivity contribution in [1.29, 1.82) is 0 Å². The Morgan fingerprint density at radius 3 is 1.73 bits per heavy atom. The molecule has 0 heterocycles. The van der Waals surface area contributed by atoms with Gasteiger partial charge >= 0.3 is 88.7 Å². The van der Waals surface area contributed by atoms with Gasteiger partial charge in [0, 0.05) is 25.9 Å². The maximum atomic E-state index is 10.1. The third-order valence-corrected chi connectivity index (χ3v) is 1.99. The van der Waals surface area contributed by atoms with Gasteiger partial charge < -0.3 is 29.3 Å². The van der Waals surface area contributed by atoms with Crippen molar-refractivity contribution in [3.8, 4) is 0 Å². The predicted molar refractivity (Wildman–Crippen MR) is 32.0 cm³/mol. The first-order valence-electron chi connectivity index (χ1n) is 3.04. The minimum atomic E-state index is -3.24. The molecule has 0 aromatic carbocycles. The molecule has 0 aromatic rings. The van der Waals surface area contributed by atoms with Gasteiger partial charge in [0.15, 0.2) is 0 Å². The summed E-state index contributed by atoms with van der Waals surface area (Å²) in [6.45, 7) is 0. The van der Waals surface area contributed by atoms with Gasteiger partial charge in [0.1, 0.15) is 0 Å². The summed E-state index contributed by atoms with van der Waals surface area (Å²) in [6.07, 6.45) is -1.53. The van der Waals surface area contributed by atoms with Crippen LogP contribution in [0.15, 0.2) is 0 Å². The van der Waals surface area contributed by atoms with Gasteiger partial charge in [-0.3, -0.25) is 0 Å². The third kappa shape index (κ3) is 16.1. The number of aliphatic carboxylic acids is 2. The Labute approximate surface area is 154 Å². The summed E-state index contributed by atoms with van der Waals surface area (Å²) in [7, 11) is -3.24. The van der Waals surface area contributed by atoms with E-state index in [1.807, 2.05) is 0 Å². The normalized spacial score (nSPS) is 12.1. The number of rotatable bonds is 5. The average Bonchev–Trinajstić information content (AvgIpc) is 1.83. The summed E-state index contributed by atoms with van der Waals surface area (Å²) in [6, 6.07) is 0. The maximum absolute atomic E-state index is 10.1. The summed E-state index contributed by atoms with van der Waals surface area (Å²) in [5.74, 6) is -4.79. The molecule has 15 heavy (non-hydrogen) atoms. The molecule has 2 atom stereocenters. The predicted octanol–water partition coefficient (Wildman–Crippen LogP) is -12.7. The van der Waals surface area contributed by atoms with Gasteiger partial charge in [0.25, 0.3) is 0 Å². The second-order valence-corrected chi connectivity index (χ2v) is 3.32. The number of carbonyl (C=O) groups excluding carboxylic acids is 2. The van der Waals surface area contributed by atoms with E-state index in [-0.39, 0.29) is 88.7 Å². The van der Waals surface area contributed by atoms with Crippen molar-refractivity contribution in [2.75, 3.05) is 6.16 Å². The standard InChI is InChI=1S/C5H9O6P.3Na/c6-4(7)1-3(5(8)9)2-12(10)11;;;/h3,12H,1-2H2,(H,6,7)(H,8,9)(H,10,11);;;/q;3*+1/p-3. The van der Waals surface area contributed by atoms with Gasteiger partial charge in [-0.25, -0.2) is 0 Å². The quantitative estimate of drug-likeness (QED) is 0.358. The maximum Gasteiger partial charge on any atom is 1.00 e. The first kappa shape index (κ1) is 25.9. The molecule has 10 heteroatoms. The van der Waals surface area contributed by atoms with Crippen LogP contribution in [0.4, 0.5) is 0 Å². The molecule has 0 fully saturated rings. The Hall–Kier alpha value is 2.13. The van der Waals surface area contributed by atoms with E-state index in [0.29, 0.717) is 0 Å². The minimum Gasteiger partial charge on any atom is -0.802 e. The van der Waals surface area contributed by atoms with E-state index in [9.17, 15) is 29.3 Å². The van der Waals surface area contributed by atoms with E-state index < -0.39 is 38.5 Å². The van der Waals surface area contributed by atoms with Crippen LogP contribution in [-0.4, -0.2) is 18.1 Å². The molecular weight excluding hydrogens is 256 g/mol. The largest absolute Gasteiger partial charge is 1.00 e. The van der Waals surface area contributed by atoms with Crippen LogP contribution in [0.5, 0.6) is 0 Å². The Morgan fingerprint density at radius 1 is 1.13 bits per heavy atom. The zero-order chi connectivity index (χ0) is 9.72. The Bertz CT molecular complexity index is 207. The van der Waals surface area contributed by atoms with Crippen LogP contribution in [0.2, 0.25) is 0 Å². The fourth-order valence-corrected chi connectivity index (χ4v) is 1.35. The van der Waals surface area contributed by atoms with Gasteiger partial charge in [0.05, 0.1) is 0 Å². The van der Waals surface area contributed by atoms with Crippen molar-refractivity contribution in [3.63, 3.8) is 0 Å². The molecule has 0 bridgehead atoms. The number of carboxylic acids is 2. The number of carbonyl (C=O) groups is 2. The molecule has 70 valence electrons. The molecule has 0 amide bonds. The summed E-state index contributed by atoms with van der Waals surface area (Å²) in [4.78, 5) is 30.1. The Balaban J connectivity index is -0.000000202. The molecule has 0 rings (SSSR count). The summed E-state index contributed by atoms with van der Waals surface area (Å²) in [5.41, 5.74) is 0. The van der Waals surface area contributed by atoms with E-state index in [4.69, 9.17) is 0 Å². The van der Waals surface area contributed by atoms with Crippen LogP contribution >= 0.6 is 8.03 Å². The molecule has 0 aliphatic heterocycles. The fraction of sp³-hybridized carbons (Fsp3) is 0.600. The van der Waals surface area contributed by atoms with Crippen LogP contribution in [0, 0.1) is 5.92 Å². The minimum absolute atomic E-state index is 0. The summed E-state index contributed by atoms with van der Waals surface area (Å²) < 4.78 is 10.1. The fourth-order valence-electron chi connectivity index (χ4n) is 0.641. The van der Waals surface area contributed by atoms with E-state index >= 15 is 0 Å². The molecule has 0 saturated carbocycles. The van der Waals surface area contributed by atoms with E-state index in [1.54, 1.807) is 0 Å². The molecule has 0 radical (unpaired) electrons. The van der Waals surface area contributed by atoms with Crippen molar-refractivity contribution in [3.05, 3.63) is 0 Å². The topological polar surface area (TPSA) is 120 Å². The summed E-state index contributed by atoms with van der Waals surface area (Å²) >= 11 is 0. The second kappa shape index (κ2) is 14.2. The second-order valence-electron chi connectivity index (χ2n) is 2.17. The van der Waals surface area contributed by atoms with Crippen molar-refractivity contribution in [1.82, 2.24) is 0 Å². The van der Waals surface area contributed by atoms with E-state index in [1.165, 1.54) is 0 Å². The van der Waals surface area contributed by atoms with Crippen molar-refractivity contribution >= 4 is 20.0 Å². The number of hydrogen-bond donors (Lipinski definition) is 0. The first-order chi connectivity index (χ1) is 5.43. The molecule has 0 aliphatic carbocycles. The first-order valence-corrected chi connectivity index (χ1v) is 4.56. The number of hydrogen-bond acceptors (Lipinski definition) is 6. The van der Waals surface area contributed by atoms with Gasteiger partial charge in [-0.1, -0.05) is 0 Å². The van der Waals surface area contributed by atoms with Gasteiger partial charge in [-0.2, -0.15) is 0 Å². The van der Waals surface area contributed by atoms with Gasteiger partial charge in [-0.05, 0) is 12.6 Å². The van der Waals surface area contributed by atoms with Crippen LogP contribution < -0.4 is 104 Å². The smallest absolute Gasteiger partial charge is 0.802 e. The monoisotopic (exact) mass is 262 g/mol. The Morgan fingerprint density at radius 2 is 1.53 bits per heavy atom. The summed E-state index contributed by atoms with van der Waals surface area (Å²) in [5, 5.41) is 20.0. The molecule has 0 N–H and O–H groups in total. The number of carboxylic acid groups (broad SMARTS) is 2. The molecule has 2 unspecified atom stereocenters. The zero-order valence-corrected chi connectivity index (χ0v) is 15.9. The van der Waals surface area contributed by atoms with Crippen LogP contribution in [0.3, 0.4) is 0 Å². The van der Waals surface area contributed by atoms with Crippen LogP contribution in [0.25, 0.3) is 0 Å². The van der Waals surface area contributed by atoms with Crippen molar-refractivity contribution in [2.24, 2.45) is 5.92 Å². The molecule has 0 spiro atoms. The molecule has 0 aliphatic rings. The molecule has 6 nitrogen and oxygen atoms in total. The average molecular weight is 262 g/mol. The van der Waals surface area contributed by atoms with E-state index in [2.05, 4.69) is 0 Å². The molecule has 0 saturated heterocycles. The Kier molecular flexibility index (Phi) is 24.5. The van der Waals surface area contributed by atoms with E-state index in [0.717, 1.165) is 0 Å². The third-order valence-electron chi connectivity index (χ3n) is 1.16. The van der Waals surface area contributed by atoms with Gasteiger partial charge in [0.2, 0.25) is 0 Å². The van der Waals surface area contributed by atoms with Crippen LogP contribution in [-0.2, 0) is 14.2 Å². The SMILES string of the molecule is O=C([O-])CC(C[PH](=O)[O-])C(=O)[O-].[Na+].[Na+].[Na+]. The van der Waals surface area contributed by atoms with Crippen molar-refractivity contribution < 1.29 is 118 Å². The van der Waals surface area contributed by atoms with Crippen LogP contribution in [0.1, 0.15) is 6.42 Å². The molecular formula is C5H6Na3O6P. The molecule has 0 aromatic heterocycles. The van der Waals surface area contributed by atoms with Crippen molar-refractivity contribution in [2.45, 2.75) is 6.42 Å². The van der Waals surface area contributed by atoms with Gasteiger partial charge in [-0.15, -0.1) is 0 Å². The zero-order valence-electron chi connectivity index (χ0n) is 8.94.